The molecule has 3 aromatic rings. The van der Waals surface area contributed by atoms with Crippen molar-refractivity contribution in [3.63, 3.8) is 0 Å². The third-order valence-corrected chi connectivity index (χ3v) is 5.70. The van der Waals surface area contributed by atoms with Crippen LogP contribution in [0.1, 0.15) is 23.1 Å². The summed E-state index contributed by atoms with van der Waals surface area (Å²) in [5.41, 5.74) is 1.77. The van der Waals surface area contributed by atoms with Gasteiger partial charge in [0.2, 0.25) is 0 Å². The number of anilines is 1. The van der Waals surface area contributed by atoms with E-state index >= 15 is 0 Å². The molecule has 7 heteroatoms. The Morgan fingerprint density at radius 1 is 1.07 bits per heavy atom. The van der Waals surface area contributed by atoms with Gasteiger partial charge >= 0.3 is 6.18 Å². The number of hydrogen-bond donors (Lipinski definition) is 0. The number of benzene rings is 2. The summed E-state index contributed by atoms with van der Waals surface area (Å²) in [5, 5.41) is 1.43. The minimum Gasteiger partial charge on any atom is -0.356 e. The summed E-state index contributed by atoms with van der Waals surface area (Å²) in [6.07, 6.45) is -2.81. The molecule has 27 heavy (non-hydrogen) atoms. The molecule has 1 aromatic heterocycles. The Labute approximate surface area is 168 Å². The van der Waals surface area contributed by atoms with Crippen molar-refractivity contribution in [2.45, 2.75) is 19.0 Å². The normalized spacial score (nSPS) is 14.5. The number of aromatic nitrogens is 1. The number of rotatable bonds is 3. The van der Waals surface area contributed by atoms with Gasteiger partial charge in [-0.05, 0) is 42.3 Å². The van der Waals surface area contributed by atoms with Gasteiger partial charge in [0.1, 0.15) is 5.82 Å². The first-order valence-electron chi connectivity index (χ1n) is 8.51. The molecule has 0 aliphatic carbocycles. The summed E-state index contributed by atoms with van der Waals surface area (Å²) in [6, 6.07) is 11.0. The fourth-order valence-corrected chi connectivity index (χ4v) is 3.85. The molecule has 140 valence electrons. The fraction of sp³-hybridized carbons (Fsp3) is 0.250. The Kier molecular flexibility index (Phi) is 4.80. The third-order valence-electron chi connectivity index (χ3n) is 4.77. The van der Waals surface area contributed by atoms with Crippen molar-refractivity contribution in [2.24, 2.45) is 0 Å². The summed E-state index contributed by atoms with van der Waals surface area (Å²) < 4.78 is 39.3. The van der Waals surface area contributed by atoms with Crippen LogP contribution >= 0.6 is 27.5 Å². The van der Waals surface area contributed by atoms with Gasteiger partial charge in [0.15, 0.2) is 0 Å². The van der Waals surface area contributed by atoms with E-state index in [9.17, 15) is 13.2 Å². The topological polar surface area (TPSA) is 16.1 Å². The molecule has 1 fully saturated rings. The van der Waals surface area contributed by atoms with Gasteiger partial charge in [-0.15, -0.1) is 0 Å². The minimum atomic E-state index is -4.34. The predicted molar refractivity (Wildman–Crippen MR) is 106 cm³/mol. The van der Waals surface area contributed by atoms with Crippen molar-refractivity contribution in [1.29, 1.82) is 0 Å². The Bertz CT molecular complexity index is 999. The van der Waals surface area contributed by atoms with E-state index in [2.05, 4.69) is 20.8 Å². The van der Waals surface area contributed by atoms with E-state index in [1.54, 1.807) is 0 Å². The fourth-order valence-electron chi connectivity index (χ4n) is 3.19. The molecule has 2 heterocycles. The van der Waals surface area contributed by atoms with E-state index < -0.39 is 11.7 Å². The number of pyridine rings is 1. The van der Waals surface area contributed by atoms with Crippen molar-refractivity contribution in [2.75, 3.05) is 18.0 Å². The van der Waals surface area contributed by atoms with Crippen LogP contribution in [0, 0.1) is 0 Å². The third kappa shape index (κ3) is 3.65. The molecule has 0 spiro atoms. The Morgan fingerprint density at radius 2 is 1.78 bits per heavy atom. The molecule has 0 amide bonds. The molecule has 0 radical (unpaired) electrons. The molecule has 4 rings (SSSR count). The van der Waals surface area contributed by atoms with Crippen molar-refractivity contribution < 1.29 is 13.2 Å². The average Bonchev–Trinajstić information content (AvgIpc) is 2.57. The second kappa shape index (κ2) is 6.99. The Morgan fingerprint density at radius 3 is 2.37 bits per heavy atom. The quantitative estimate of drug-likeness (QED) is 0.450. The van der Waals surface area contributed by atoms with E-state index in [-0.39, 0.29) is 0 Å². The van der Waals surface area contributed by atoms with Gasteiger partial charge in [-0.2, -0.15) is 13.2 Å². The molecule has 1 aliphatic heterocycles. The molecule has 2 nitrogen and oxygen atoms in total. The molecule has 0 unspecified atom stereocenters. The van der Waals surface area contributed by atoms with E-state index in [1.807, 2.05) is 18.2 Å². The van der Waals surface area contributed by atoms with Crippen molar-refractivity contribution in [3.8, 4) is 0 Å². The van der Waals surface area contributed by atoms with Gasteiger partial charge in [0.25, 0.3) is 0 Å². The zero-order chi connectivity index (χ0) is 19.2. The largest absolute Gasteiger partial charge is 0.416 e. The highest BCUT2D eigenvalue weighted by Crippen LogP contribution is 2.37. The zero-order valence-electron chi connectivity index (χ0n) is 14.2. The lowest BCUT2D eigenvalue weighted by Crippen LogP contribution is -2.38. The first-order chi connectivity index (χ1) is 12.8. The van der Waals surface area contributed by atoms with E-state index in [1.165, 1.54) is 12.1 Å². The molecule has 0 bridgehead atoms. The molecular formula is C20H15BrClF3N2. The highest BCUT2D eigenvalue weighted by atomic mass is 79.9. The second-order valence-electron chi connectivity index (χ2n) is 6.60. The van der Waals surface area contributed by atoms with E-state index in [0.717, 1.165) is 64.0 Å². The molecule has 0 saturated carbocycles. The van der Waals surface area contributed by atoms with E-state index in [4.69, 9.17) is 16.6 Å². The molecule has 1 aliphatic rings. The Balaban J connectivity index is 1.78. The summed E-state index contributed by atoms with van der Waals surface area (Å²) >= 11 is 10.2. The first kappa shape index (κ1) is 18.6. The standard InChI is InChI=1S/C20H15BrClF3N2/c21-14-6-7-17-15(11-14)18(22)16(19(26-17)27-8-1-9-27)10-12-2-4-13(5-3-12)20(23,24)25/h2-7,11H,1,8-10H2. The number of fused-ring (bicyclic) bond motifs is 1. The van der Waals surface area contributed by atoms with Crippen LogP contribution < -0.4 is 4.90 Å². The number of nitrogens with zero attached hydrogens (tertiary/aromatic N) is 2. The monoisotopic (exact) mass is 454 g/mol. The zero-order valence-corrected chi connectivity index (χ0v) is 16.5. The minimum absolute atomic E-state index is 0.429. The number of alkyl halides is 3. The van der Waals surface area contributed by atoms with Crippen LogP contribution in [0.4, 0.5) is 19.0 Å². The van der Waals surface area contributed by atoms with Crippen LogP contribution in [-0.2, 0) is 12.6 Å². The lowest BCUT2D eigenvalue weighted by atomic mass is 10.0. The lowest BCUT2D eigenvalue weighted by Gasteiger charge is -2.34. The van der Waals surface area contributed by atoms with Gasteiger partial charge in [-0.1, -0.05) is 39.7 Å². The number of halogens is 5. The van der Waals surface area contributed by atoms with Gasteiger partial charge in [0, 0.05) is 34.9 Å². The van der Waals surface area contributed by atoms with Crippen molar-refractivity contribution in [1.82, 2.24) is 4.98 Å². The highest BCUT2D eigenvalue weighted by Gasteiger charge is 2.30. The average molecular weight is 456 g/mol. The van der Waals surface area contributed by atoms with Crippen molar-refractivity contribution >= 4 is 44.3 Å². The molecule has 2 aromatic carbocycles. The molecule has 0 atom stereocenters. The van der Waals surface area contributed by atoms with Crippen LogP contribution in [-0.4, -0.2) is 18.1 Å². The summed E-state index contributed by atoms with van der Waals surface area (Å²) in [5.74, 6) is 0.820. The maximum atomic E-state index is 12.8. The second-order valence-corrected chi connectivity index (χ2v) is 7.90. The molecular weight excluding hydrogens is 441 g/mol. The first-order valence-corrected chi connectivity index (χ1v) is 9.69. The highest BCUT2D eigenvalue weighted by molar-refractivity contribution is 9.10. The molecule has 1 saturated heterocycles. The van der Waals surface area contributed by atoms with Crippen LogP contribution in [0.15, 0.2) is 46.9 Å². The molecule has 0 N–H and O–H groups in total. The van der Waals surface area contributed by atoms with Crippen LogP contribution in [0.3, 0.4) is 0 Å². The summed E-state index contributed by atoms with van der Waals surface area (Å²) in [6.45, 7) is 1.82. The predicted octanol–water partition coefficient (Wildman–Crippen LogP) is 6.47. The number of hydrogen-bond acceptors (Lipinski definition) is 2. The van der Waals surface area contributed by atoms with E-state index in [0.29, 0.717) is 11.4 Å². The Hall–Kier alpha value is -1.79. The van der Waals surface area contributed by atoms with Crippen LogP contribution in [0.25, 0.3) is 10.9 Å². The van der Waals surface area contributed by atoms with Gasteiger partial charge < -0.3 is 4.90 Å². The van der Waals surface area contributed by atoms with Crippen LogP contribution in [0.5, 0.6) is 0 Å². The van der Waals surface area contributed by atoms with Gasteiger partial charge in [0.05, 0.1) is 16.1 Å². The summed E-state index contributed by atoms with van der Waals surface area (Å²) in [4.78, 5) is 6.95. The maximum absolute atomic E-state index is 12.8. The summed E-state index contributed by atoms with van der Waals surface area (Å²) in [7, 11) is 0. The van der Waals surface area contributed by atoms with Crippen LogP contribution in [0.2, 0.25) is 5.02 Å². The maximum Gasteiger partial charge on any atom is 0.416 e. The van der Waals surface area contributed by atoms with Gasteiger partial charge in [-0.3, -0.25) is 0 Å². The van der Waals surface area contributed by atoms with Gasteiger partial charge in [-0.25, -0.2) is 4.98 Å². The smallest absolute Gasteiger partial charge is 0.356 e. The van der Waals surface area contributed by atoms with Crippen molar-refractivity contribution in [3.05, 3.63) is 68.7 Å². The SMILES string of the molecule is FC(F)(F)c1ccc(Cc2c(N3CCC3)nc3ccc(Br)cc3c2Cl)cc1. The lowest BCUT2D eigenvalue weighted by molar-refractivity contribution is -0.137.